The van der Waals surface area contributed by atoms with E-state index in [4.69, 9.17) is 23.2 Å². The molecule has 2 aromatic rings. The van der Waals surface area contributed by atoms with Crippen LogP contribution in [-0.4, -0.2) is 34.9 Å². The van der Waals surface area contributed by atoms with E-state index < -0.39 is 23.3 Å². The van der Waals surface area contributed by atoms with E-state index in [0.29, 0.717) is 11.1 Å². The van der Waals surface area contributed by atoms with Crippen LogP contribution in [0.1, 0.15) is 20.7 Å². The fraction of sp³-hybridized carbons (Fsp3) is 0.125. The molecule has 0 saturated carbocycles. The predicted octanol–water partition coefficient (Wildman–Crippen LogP) is 4.01. The zero-order valence-electron chi connectivity index (χ0n) is 11.0. The second-order valence-electron chi connectivity index (χ2n) is 4.29. The van der Waals surface area contributed by atoms with Gasteiger partial charge in [0.25, 0.3) is 0 Å². The monoisotopic (exact) mass is 436 g/mol. The van der Waals surface area contributed by atoms with Gasteiger partial charge in [-0.05, 0) is 0 Å². The molecule has 0 fully saturated rings. The number of Topliss-reactive ketones (excluding diaryl/α,β-unsaturated/α-hetero) is 2. The molecule has 2 rings (SSSR count). The summed E-state index contributed by atoms with van der Waals surface area (Å²) in [6.07, 6.45) is 0. The van der Waals surface area contributed by atoms with Gasteiger partial charge in [-0.2, -0.15) is 0 Å². The van der Waals surface area contributed by atoms with Crippen molar-refractivity contribution >= 4 is 55.7 Å². The molecule has 0 bridgehead atoms. The summed E-state index contributed by atoms with van der Waals surface area (Å²) in [7, 11) is 0. The molecule has 0 N–H and O–H groups in total. The van der Waals surface area contributed by atoms with Gasteiger partial charge in [-0.25, -0.2) is 0 Å². The number of carbonyl (C=O) groups excluding carboxylic acids is 2. The molecule has 0 radical (unpaired) electrons. The van der Waals surface area contributed by atoms with Crippen LogP contribution in [0.15, 0.2) is 60.7 Å². The Bertz CT molecular complexity index is 627. The van der Waals surface area contributed by atoms with Crippen LogP contribution in [0, 0.1) is 0 Å². The van der Waals surface area contributed by atoms with E-state index in [1.807, 2.05) is 12.1 Å². The van der Waals surface area contributed by atoms with Crippen molar-refractivity contribution in [1.29, 1.82) is 0 Å². The van der Waals surface area contributed by atoms with Gasteiger partial charge in [-0.1, -0.05) is 0 Å². The van der Waals surface area contributed by atoms with Crippen LogP contribution in [0.25, 0.3) is 0 Å². The van der Waals surface area contributed by atoms with Gasteiger partial charge in [0.2, 0.25) is 0 Å². The maximum atomic E-state index is 12.3. The molecule has 5 heteroatoms. The van der Waals surface area contributed by atoms with Crippen molar-refractivity contribution in [3.63, 3.8) is 0 Å². The van der Waals surface area contributed by atoms with E-state index in [1.165, 1.54) is 0 Å². The predicted molar refractivity (Wildman–Crippen MR) is 86.5 cm³/mol. The minimum atomic E-state index is -1.46. The molecule has 0 aromatic heterocycles. The Labute approximate surface area is 143 Å². The van der Waals surface area contributed by atoms with Crippen molar-refractivity contribution in [3.05, 3.63) is 71.8 Å². The molecule has 108 valence electrons. The van der Waals surface area contributed by atoms with Crippen LogP contribution in [0.2, 0.25) is 4.47 Å². The standard InChI is InChI=1S/C16H12Cl2O2Te/c17-16(18,15(20)13-9-5-2-6-10-13)21-11-14(19)12-7-3-1-4-8-12/h1-10H,11H2. The summed E-state index contributed by atoms with van der Waals surface area (Å²) in [5.74, 6) is -0.348. The van der Waals surface area contributed by atoms with Crippen LogP contribution in [0.3, 0.4) is 0 Å². The molecule has 0 aliphatic heterocycles. The Balaban J connectivity index is 2.01. The Morgan fingerprint density at radius 2 is 1.33 bits per heavy atom. The number of hydrogen-bond donors (Lipinski definition) is 0. The molecule has 0 amide bonds. The van der Waals surface area contributed by atoms with E-state index in [9.17, 15) is 9.59 Å². The number of rotatable bonds is 6. The van der Waals surface area contributed by atoms with Gasteiger partial charge in [0, 0.05) is 0 Å². The van der Waals surface area contributed by atoms with Crippen molar-refractivity contribution in [1.82, 2.24) is 0 Å². The maximum absolute atomic E-state index is 12.3. The van der Waals surface area contributed by atoms with Crippen LogP contribution in [0.4, 0.5) is 0 Å². The van der Waals surface area contributed by atoms with E-state index in [-0.39, 0.29) is 16.0 Å². The summed E-state index contributed by atoms with van der Waals surface area (Å²) in [6, 6.07) is 17.6. The van der Waals surface area contributed by atoms with Gasteiger partial charge in [-0.15, -0.1) is 0 Å². The summed E-state index contributed by atoms with van der Waals surface area (Å²) >= 11 is 11.1. The number of alkyl halides is 2. The van der Waals surface area contributed by atoms with Gasteiger partial charge < -0.3 is 0 Å². The molecule has 0 unspecified atom stereocenters. The fourth-order valence-electron chi connectivity index (χ4n) is 1.69. The zero-order valence-corrected chi connectivity index (χ0v) is 14.8. The molecule has 0 atom stereocenters. The van der Waals surface area contributed by atoms with Crippen LogP contribution >= 0.6 is 23.2 Å². The first-order valence-electron chi connectivity index (χ1n) is 6.20. The van der Waals surface area contributed by atoms with Gasteiger partial charge >= 0.3 is 144 Å². The van der Waals surface area contributed by atoms with E-state index in [0.717, 1.165) is 0 Å². The second-order valence-corrected chi connectivity index (χ2v) is 10.4. The third kappa shape index (κ3) is 4.56. The van der Waals surface area contributed by atoms with E-state index in [1.54, 1.807) is 48.5 Å². The van der Waals surface area contributed by atoms with E-state index >= 15 is 0 Å². The number of ketones is 2. The molecule has 2 aromatic carbocycles. The van der Waals surface area contributed by atoms with Gasteiger partial charge in [0.15, 0.2) is 0 Å². The Morgan fingerprint density at radius 3 is 1.86 bits per heavy atom. The fourth-order valence-corrected chi connectivity index (χ4v) is 4.71. The summed E-state index contributed by atoms with van der Waals surface area (Å²) in [6.45, 7) is 0. The quantitative estimate of drug-likeness (QED) is 0.391. The molecule has 21 heavy (non-hydrogen) atoms. The summed E-state index contributed by atoms with van der Waals surface area (Å²) in [4.78, 5) is 24.3. The van der Waals surface area contributed by atoms with Crippen molar-refractivity contribution < 1.29 is 9.59 Å². The first-order chi connectivity index (χ1) is 10.0. The van der Waals surface area contributed by atoms with Gasteiger partial charge in [-0.3, -0.25) is 0 Å². The average molecular weight is 435 g/mol. The average Bonchev–Trinajstić information content (AvgIpc) is 2.53. The number of carbonyl (C=O) groups is 2. The first-order valence-corrected chi connectivity index (χ1v) is 9.77. The number of halogens is 2. The topological polar surface area (TPSA) is 34.1 Å². The van der Waals surface area contributed by atoms with Crippen molar-refractivity contribution in [3.8, 4) is 0 Å². The van der Waals surface area contributed by atoms with Gasteiger partial charge in [0.1, 0.15) is 0 Å². The Morgan fingerprint density at radius 1 is 0.857 bits per heavy atom. The SMILES string of the molecule is O=C(C[Te]C(Cl)(Cl)C(=O)c1ccccc1)c1ccccc1. The van der Waals surface area contributed by atoms with Crippen molar-refractivity contribution in [2.75, 3.05) is 0 Å². The number of benzene rings is 2. The van der Waals surface area contributed by atoms with Crippen molar-refractivity contribution in [2.24, 2.45) is 0 Å². The molecule has 0 heterocycles. The Hall–Kier alpha value is -0.850. The van der Waals surface area contributed by atoms with Crippen LogP contribution in [-0.2, 0) is 0 Å². The molecular formula is C16H12Cl2O2Te. The van der Waals surface area contributed by atoms with E-state index in [2.05, 4.69) is 0 Å². The summed E-state index contributed by atoms with van der Waals surface area (Å²) < 4.78 is -1.21. The molecule has 0 spiro atoms. The van der Waals surface area contributed by atoms with Crippen LogP contribution < -0.4 is 0 Å². The van der Waals surface area contributed by atoms with Crippen LogP contribution in [0.5, 0.6) is 0 Å². The molecule has 2 nitrogen and oxygen atoms in total. The first kappa shape index (κ1) is 16.5. The second kappa shape index (κ2) is 7.42. The summed E-state index contributed by atoms with van der Waals surface area (Å²) in [5.41, 5.74) is 1.10. The van der Waals surface area contributed by atoms with Gasteiger partial charge in [0.05, 0.1) is 0 Å². The normalized spacial score (nSPS) is 11.1. The third-order valence-corrected chi connectivity index (χ3v) is 7.31. The Kier molecular flexibility index (Phi) is 5.84. The molecule has 0 aliphatic rings. The number of hydrogen-bond acceptors (Lipinski definition) is 2. The molecular weight excluding hydrogens is 423 g/mol. The minimum absolute atomic E-state index is 0.0236. The molecule has 0 saturated heterocycles. The third-order valence-electron chi connectivity index (χ3n) is 2.78. The molecule has 0 aliphatic carbocycles. The zero-order chi connectivity index (χ0) is 15.3. The van der Waals surface area contributed by atoms with Crippen molar-refractivity contribution in [2.45, 2.75) is 6.85 Å². The summed E-state index contributed by atoms with van der Waals surface area (Å²) in [5, 5.41) is 0.